The highest BCUT2D eigenvalue weighted by Crippen LogP contribution is 2.33. The molecule has 134 valence electrons. The van der Waals surface area contributed by atoms with Gasteiger partial charge in [-0.25, -0.2) is 0 Å². The number of allylic oxidation sites excluding steroid dienone is 1. The molecule has 0 aliphatic carbocycles. The Bertz CT molecular complexity index is 1160. The lowest BCUT2D eigenvalue weighted by molar-refractivity contribution is 0.911. The molecular formula is C27H26. The molecular weight excluding hydrogens is 324 g/mol. The molecule has 0 nitrogen and oxygen atoms in total. The minimum absolute atomic E-state index is 0.371. The molecule has 0 fully saturated rings. The van der Waals surface area contributed by atoms with E-state index in [1.54, 1.807) is 0 Å². The summed E-state index contributed by atoms with van der Waals surface area (Å²) < 4.78 is 0. The van der Waals surface area contributed by atoms with Crippen LogP contribution < -0.4 is 0 Å². The summed E-state index contributed by atoms with van der Waals surface area (Å²) in [6, 6.07) is 26.5. The van der Waals surface area contributed by atoms with Crippen LogP contribution in [0.4, 0.5) is 0 Å². The molecule has 0 aliphatic rings. The molecule has 0 spiro atoms. The Kier molecular flexibility index (Phi) is 4.58. The van der Waals surface area contributed by atoms with Crippen LogP contribution >= 0.6 is 0 Å². The van der Waals surface area contributed by atoms with Crippen LogP contribution in [0.2, 0.25) is 0 Å². The van der Waals surface area contributed by atoms with Gasteiger partial charge in [0.25, 0.3) is 0 Å². The third-order valence-electron chi connectivity index (χ3n) is 5.88. The maximum Gasteiger partial charge on any atom is 0.00265 e. The maximum absolute atomic E-state index is 2.36. The Balaban J connectivity index is 1.81. The molecule has 4 aromatic rings. The molecule has 0 radical (unpaired) electrons. The minimum atomic E-state index is 0.371. The van der Waals surface area contributed by atoms with E-state index < -0.39 is 0 Å². The topological polar surface area (TPSA) is 0 Å². The fourth-order valence-electron chi connectivity index (χ4n) is 4.07. The van der Waals surface area contributed by atoms with Gasteiger partial charge in [-0.15, -0.1) is 0 Å². The first kappa shape index (κ1) is 17.5. The third-order valence-corrected chi connectivity index (χ3v) is 5.88. The number of hydrogen-bond acceptors (Lipinski definition) is 0. The molecule has 1 atom stereocenters. The highest BCUT2D eigenvalue weighted by molar-refractivity contribution is 5.93. The van der Waals surface area contributed by atoms with E-state index in [-0.39, 0.29) is 0 Å². The van der Waals surface area contributed by atoms with E-state index in [2.05, 4.69) is 107 Å². The van der Waals surface area contributed by atoms with E-state index in [0.717, 1.165) is 0 Å². The van der Waals surface area contributed by atoms with Crippen LogP contribution in [0, 0.1) is 13.8 Å². The fraction of sp³-hybridized carbons (Fsp3) is 0.185. The summed E-state index contributed by atoms with van der Waals surface area (Å²) in [5.74, 6) is 0.371. The summed E-state index contributed by atoms with van der Waals surface area (Å²) in [5.41, 5.74) is 6.77. The second kappa shape index (κ2) is 7.04. The molecule has 0 aliphatic heterocycles. The van der Waals surface area contributed by atoms with E-state index >= 15 is 0 Å². The summed E-state index contributed by atoms with van der Waals surface area (Å²) in [6.45, 7) is 8.95. The quantitative estimate of drug-likeness (QED) is 0.353. The average Bonchev–Trinajstić information content (AvgIpc) is 2.70. The zero-order chi connectivity index (χ0) is 19.0. The Morgan fingerprint density at radius 3 is 1.85 bits per heavy atom. The molecule has 0 amide bonds. The van der Waals surface area contributed by atoms with Crippen molar-refractivity contribution in [2.75, 3.05) is 0 Å². The monoisotopic (exact) mass is 350 g/mol. The Hall–Kier alpha value is -2.86. The van der Waals surface area contributed by atoms with Crippen molar-refractivity contribution >= 4 is 27.6 Å². The fourth-order valence-corrected chi connectivity index (χ4v) is 4.07. The Morgan fingerprint density at radius 2 is 1.19 bits per heavy atom. The lowest BCUT2D eigenvalue weighted by Crippen LogP contribution is -1.98. The Labute approximate surface area is 162 Å². The van der Waals surface area contributed by atoms with Crippen molar-refractivity contribution in [1.29, 1.82) is 0 Å². The van der Waals surface area contributed by atoms with Crippen molar-refractivity contribution in [2.45, 2.75) is 33.6 Å². The number of hydrogen-bond donors (Lipinski definition) is 0. The predicted octanol–water partition coefficient (Wildman–Crippen LogP) is 7.82. The van der Waals surface area contributed by atoms with E-state index in [0.29, 0.717) is 5.92 Å². The molecule has 0 heteroatoms. The molecule has 0 saturated carbocycles. The van der Waals surface area contributed by atoms with E-state index in [9.17, 15) is 0 Å². The van der Waals surface area contributed by atoms with Crippen LogP contribution in [0.5, 0.6) is 0 Å². The largest absolute Gasteiger partial charge is 0.0655 e. The average molecular weight is 351 g/mol. The van der Waals surface area contributed by atoms with Gasteiger partial charge in [0.05, 0.1) is 0 Å². The highest BCUT2D eigenvalue weighted by atomic mass is 14.2. The van der Waals surface area contributed by atoms with Gasteiger partial charge in [-0.05, 0) is 64.6 Å². The van der Waals surface area contributed by atoms with Crippen LogP contribution in [-0.4, -0.2) is 0 Å². The van der Waals surface area contributed by atoms with Crippen molar-refractivity contribution < 1.29 is 0 Å². The standard InChI is InChI=1S/C27H26/c1-18-13-15-22(26-11-7-5-9-23(18)26)17-20(3)21(4)25-16-14-19(2)24-10-6-8-12-27(24)25/h5-17,21H,1-4H3/b20-17+. The van der Waals surface area contributed by atoms with Crippen molar-refractivity contribution in [3.05, 3.63) is 101 Å². The maximum atomic E-state index is 2.36. The molecule has 0 heterocycles. The van der Waals surface area contributed by atoms with Gasteiger partial charge in [-0.2, -0.15) is 0 Å². The van der Waals surface area contributed by atoms with Crippen molar-refractivity contribution in [3.63, 3.8) is 0 Å². The molecule has 4 rings (SSSR count). The first-order chi connectivity index (χ1) is 13.1. The van der Waals surface area contributed by atoms with Crippen molar-refractivity contribution in [1.82, 2.24) is 0 Å². The van der Waals surface area contributed by atoms with Crippen LogP contribution in [0.25, 0.3) is 27.6 Å². The van der Waals surface area contributed by atoms with Gasteiger partial charge >= 0.3 is 0 Å². The molecule has 0 saturated heterocycles. The molecule has 0 aromatic heterocycles. The van der Waals surface area contributed by atoms with Gasteiger partial charge in [0.15, 0.2) is 0 Å². The molecule has 4 aromatic carbocycles. The molecule has 27 heavy (non-hydrogen) atoms. The first-order valence-electron chi connectivity index (χ1n) is 9.71. The minimum Gasteiger partial charge on any atom is -0.0655 e. The summed E-state index contributed by atoms with van der Waals surface area (Å²) in [5, 5.41) is 5.40. The van der Waals surface area contributed by atoms with Gasteiger partial charge < -0.3 is 0 Å². The molecule has 1 unspecified atom stereocenters. The Morgan fingerprint density at radius 1 is 0.667 bits per heavy atom. The first-order valence-corrected chi connectivity index (χ1v) is 9.71. The number of benzene rings is 4. The number of aryl methyl sites for hydroxylation is 2. The lowest BCUT2D eigenvalue weighted by Gasteiger charge is -2.17. The van der Waals surface area contributed by atoms with E-state index in [1.165, 1.54) is 49.4 Å². The van der Waals surface area contributed by atoms with Crippen molar-refractivity contribution in [2.24, 2.45) is 0 Å². The van der Waals surface area contributed by atoms with Gasteiger partial charge in [0.1, 0.15) is 0 Å². The van der Waals surface area contributed by atoms with Gasteiger partial charge in [0.2, 0.25) is 0 Å². The van der Waals surface area contributed by atoms with E-state index in [4.69, 9.17) is 0 Å². The van der Waals surface area contributed by atoms with Gasteiger partial charge in [0, 0.05) is 5.92 Å². The molecule has 0 N–H and O–H groups in total. The summed E-state index contributed by atoms with van der Waals surface area (Å²) in [6.07, 6.45) is 2.36. The smallest absolute Gasteiger partial charge is 0.00265 e. The van der Waals surface area contributed by atoms with Crippen LogP contribution in [-0.2, 0) is 0 Å². The zero-order valence-electron chi connectivity index (χ0n) is 16.6. The normalized spacial score (nSPS) is 13.3. The molecule has 0 bridgehead atoms. The zero-order valence-corrected chi connectivity index (χ0v) is 16.6. The SMILES string of the molecule is C/C(=C\c1ccc(C)c2ccccc12)C(C)c1ccc(C)c2ccccc12. The van der Waals surface area contributed by atoms with Crippen LogP contribution in [0.3, 0.4) is 0 Å². The second-order valence-corrected chi connectivity index (χ2v) is 7.64. The summed E-state index contributed by atoms with van der Waals surface area (Å²) in [4.78, 5) is 0. The predicted molar refractivity (Wildman–Crippen MR) is 119 cm³/mol. The van der Waals surface area contributed by atoms with Gasteiger partial charge in [-0.3, -0.25) is 0 Å². The van der Waals surface area contributed by atoms with Crippen molar-refractivity contribution in [3.8, 4) is 0 Å². The summed E-state index contributed by atoms with van der Waals surface area (Å²) >= 11 is 0. The number of fused-ring (bicyclic) bond motifs is 2. The highest BCUT2D eigenvalue weighted by Gasteiger charge is 2.13. The van der Waals surface area contributed by atoms with Crippen LogP contribution in [0.15, 0.2) is 78.4 Å². The van der Waals surface area contributed by atoms with Gasteiger partial charge in [-0.1, -0.05) is 91.4 Å². The second-order valence-electron chi connectivity index (χ2n) is 7.64. The summed E-state index contributed by atoms with van der Waals surface area (Å²) in [7, 11) is 0. The lowest BCUT2D eigenvalue weighted by atomic mass is 9.87. The van der Waals surface area contributed by atoms with E-state index in [1.807, 2.05) is 0 Å². The third kappa shape index (κ3) is 3.17. The van der Waals surface area contributed by atoms with Crippen LogP contribution in [0.1, 0.15) is 42.0 Å². The number of rotatable bonds is 3.